The average molecular weight is 304 g/mol. The normalized spacial score (nSPS) is 10.9. The first-order valence-corrected chi connectivity index (χ1v) is 6.61. The Hall–Kier alpha value is -0.190. The second-order valence-electron chi connectivity index (χ2n) is 3.63. The lowest BCUT2D eigenvalue weighted by molar-refractivity contribution is 0.773. The zero-order chi connectivity index (χ0) is 10.6. The van der Waals surface area contributed by atoms with E-state index in [4.69, 9.17) is 0 Å². The topological polar surface area (TPSA) is 25.8 Å². The van der Waals surface area contributed by atoms with Crippen molar-refractivity contribution in [3.63, 3.8) is 0 Å². The molecule has 0 unspecified atom stereocenters. The number of nitrogens with zero attached hydrogens (tertiary/aromatic N) is 2. The lowest BCUT2D eigenvalue weighted by atomic mass is 9.99. The summed E-state index contributed by atoms with van der Waals surface area (Å²) in [5, 5.41) is 0. The SMILES string of the molecule is CCc1ncnc(C(C)C)c1CCI. The monoisotopic (exact) mass is 304 g/mol. The third kappa shape index (κ3) is 2.65. The lowest BCUT2D eigenvalue weighted by Gasteiger charge is -2.13. The van der Waals surface area contributed by atoms with Gasteiger partial charge in [-0.3, -0.25) is 0 Å². The van der Waals surface area contributed by atoms with Crippen molar-refractivity contribution < 1.29 is 0 Å². The Morgan fingerprint density at radius 2 is 2.07 bits per heavy atom. The summed E-state index contributed by atoms with van der Waals surface area (Å²) in [5.41, 5.74) is 3.83. The maximum absolute atomic E-state index is 4.39. The van der Waals surface area contributed by atoms with Crippen LogP contribution in [0.25, 0.3) is 0 Å². The van der Waals surface area contributed by atoms with Gasteiger partial charge in [-0.05, 0) is 24.3 Å². The molecule has 78 valence electrons. The number of rotatable bonds is 4. The minimum absolute atomic E-state index is 0.501. The Labute approximate surface area is 99.7 Å². The van der Waals surface area contributed by atoms with E-state index in [9.17, 15) is 0 Å². The average Bonchev–Trinajstić information content (AvgIpc) is 2.18. The molecule has 0 atom stereocenters. The second kappa shape index (κ2) is 5.63. The van der Waals surface area contributed by atoms with Gasteiger partial charge in [-0.15, -0.1) is 0 Å². The van der Waals surface area contributed by atoms with Crippen molar-refractivity contribution >= 4 is 22.6 Å². The molecule has 14 heavy (non-hydrogen) atoms. The lowest BCUT2D eigenvalue weighted by Crippen LogP contribution is -2.07. The largest absolute Gasteiger partial charge is 0.241 e. The van der Waals surface area contributed by atoms with Crippen LogP contribution >= 0.6 is 22.6 Å². The maximum Gasteiger partial charge on any atom is 0.115 e. The van der Waals surface area contributed by atoms with E-state index in [-0.39, 0.29) is 0 Å². The molecule has 0 aliphatic rings. The number of aromatic nitrogens is 2. The fourth-order valence-electron chi connectivity index (χ4n) is 1.63. The molecule has 0 radical (unpaired) electrons. The second-order valence-corrected chi connectivity index (χ2v) is 4.71. The molecule has 0 aliphatic carbocycles. The molecule has 3 heteroatoms. The summed E-state index contributed by atoms with van der Waals surface area (Å²) in [5.74, 6) is 0.501. The van der Waals surface area contributed by atoms with Crippen LogP contribution in [-0.2, 0) is 12.8 Å². The van der Waals surface area contributed by atoms with Gasteiger partial charge in [-0.1, -0.05) is 43.4 Å². The van der Waals surface area contributed by atoms with Crippen molar-refractivity contribution in [2.75, 3.05) is 4.43 Å². The minimum Gasteiger partial charge on any atom is -0.241 e. The number of halogens is 1. The summed E-state index contributed by atoms with van der Waals surface area (Å²) in [7, 11) is 0. The number of aryl methyl sites for hydroxylation is 1. The molecule has 0 saturated heterocycles. The molecule has 0 spiro atoms. The van der Waals surface area contributed by atoms with Crippen LogP contribution in [0.2, 0.25) is 0 Å². The smallest absolute Gasteiger partial charge is 0.115 e. The molecule has 0 aliphatic heterocycles. The first kappa shape index (κ1) is 11.9. The minimum atomic E-state index is 0.501. The number of alkyl halides is 1. The van der Waals surface area contributed by atoms with Crippen molar-refractivity contribution in [3.8, 4) is 0 Å². The van der Waals surface area contributed by atoms with Crippen LogP contribution < -0.4 is 0 Å². The molecular formula is C11H17IN2. The van der Waals surface area contributed by atoms with E-state index in [1.165, 1.54) is 17.0 Å². The van der Waals surface area contributed by atoms with E-state index in [2.05, 4.69) is 53.3 Å². The highest BCUT2D eigenvalue weighted by Crippen LogP contribution is 2.20. The summed E-state index contributed by atoms with van der Waals surface area (Å²) < 4.78 is 1.14. The molecule has 0 saturated carbocycles. The molecule has 0 N–H and O–H groups in total. The van der Waals surface area contributed by atoms with E-state index < -0.39 is 0 Å². The van der Waals surface area contributed by atoms with Gasteiger partial charge in [0.2, 0.25) is 0 Å². The van der Waals surface area contributed by atoms with Gasteiger partial charge < -0.3 is 0 Å². The van der Waals surface area contributed by atoms with Crippen molar-refractivity contribution in [1.82, 2.24) is 9.97 Å². The van der Waals surface area contributed by atoms with Crippen LogP contribution in [0.3, 0.4) is 0 Å². The summed E-state index contributed by atoms with van der Waals surface area (Å²) in [4.78, 5) is 8.74. The van der Waals surface area contributed by atoms with E-state index in [1.807, 2.05) is 0 Å². The summed E-state index contributed by atoms with van der Waals surface area (Å²) in [6.07, 6.45) is 3.80. The van der Waals surface area contributed by atoms with Gasteiger partial charge in [0.05, 0.1) is 0 Å². The molecule has 0 bridgehead atoms. The van der Waals surface area contributed by atoms with E-state index in [0.717, 1.165) is 17.3 Å². The van der Waals surface area contributed by atoms with Crippen LogP contribution in [0.1, 0.15) is 43.6 Å². The van der Waals surface area contributed by atoms with Crippen LogP contribution in [-0.4, -0.2) is 14.4 Å². The molecule has 0 fully saturated rings. The predicted molar refractivity (Wildman–Crippen MR) is 68.1 cm³/mol. The molecular weight excluding hydrogens is 287 g/mol. The molecule has 2 nitrogen and oxygen atoms in total. The molecule has 1 aromatic rings. The van der Waals surface area contributed by atoms with Crippen LogP contribution in [0.5, 0.6) is 0 Å². The van der Waals surface area contributed by atoms with E-state index >= 15 is 0 Å². The Balaban J connectivity index is 3.13. The third-order valence-electron chi connectivity index (χ3n) is 2.29. The number of hydrogen-bond donors (Lipinski definition) is 0. The Kier molecular flexibility index (Phi) is 4.78. The predicted octanol–water partition coefficient (Wildman–Crippen LogP) is 3.14. The molecule has 1 rings (SSSR count). The Morgan fingerprint density at radius 1 is 1.36 bits per heavy atom. The van der Waals surface area contributed by atoms with Crippen LogP contribution in [0.15, 0.2) is 6.33 Å². The first-order chi connectivity index (χ1) is 6.70. The van der Waals surface area contributed by atoms with Gasteiger partial charge in [0.25, 0.3) is 0 Å². The first-order valence-electron chi connectivity index (χ1n) is 5.09. The fourth-order valence-corrected chi connectivity index (χ4v) is 2.17. The van der Waals surface area contributed by atoms with E-state index in [0.29, 0.717) is 5.92 Å². The van der Waals surface area contributed by atoms with Gasteiger partial charge in [0.1, 0.15) is 6.33 Å². The van der Waals surface area contributed by atoms with E-state index in [1.54, 1.807) is 6.33 Å². The van der Waals surface area contributed by atoms with Crippen LogP contribution in [0.4, 0.5) is 0 Å². The van der Waals surface area contributed by atoms with Crippen molar-refractivity contribution in [1.29, 1.82) is 0 Å². The third-order valence-corrected chi connectivity index (χ3v) is 2.83. The maximum atomic E-state index is 4.39. The van der Waals surface area contributed by atoms with Gasteiger partial charge in [0.15, 0.2) is 0 Å². The highest BCUT2D eigenvalue weighted by atomic mass is 127. The number of hydrogen-bond acceptors (Lipinski definition) is 2. The van der Waals surface area contributed by atoms with Gasteiger partial charge in [-0.25, -0.2) is 9.97 Å². The Bertz CT molecular complexity index is 297. The highest BCUT2D eigenvalue weighted by Gasteiger charge is 2.11. The Morgan fingerprint density at radius 3 is 2.57 bits per heavy atom. The van der Waals surface area contributed by atoms with Gasteiger partial charge >= 0.3 is 0 Å². The summed E-state index contributed by atoms with van der Waals surface area (Å²) >= 11 is 2.41. The quantitative estimate of drug-likeness (QED) is 0.631. The van der Waals surface area contributed by atoms with Crippen LogP contribution in [0, 0.1) is 0 Å². The fraction of sp³-hybridized carbons (Fsp3) is 0.636. The molecule has 0 amide bonds. The standard InChI is InChI=1S/C11H17IN2/c1-4-10-9(5-6-12)11(8(2)3)14-7-13-10/h7-8H,4-6H2,1-3H3. The summed E-state index contributed by atoms with van der Waals surface area (Å²) in [6, 6.07) is 0. The zero-order valence-corrected chi connectivity index (χ0v) is 11.2. The zero-order valence-electron chi connectivity index (χ0n) is 9.05. The highest BCUT2D eigenvalue weighted by molar-refractivity contribution is 14.1. The van der Waals surface area contributed by atoms with Crippen molar-refractivity contribution in [3.05, 3.63) is 23.3 Å². The van der Waals surface area contributed by atoms with Gasteiger partial charge in [-0.2, -0.15) is 0 Å². The molecule has 0 aromatic carbocycles. The molecule has 1 heterocycles. The van der Waals surface area contributed by atoms with Gasteiger partial charge in [0, 0.05) is 15.8 Å². The summed E-state index contributed by atoms with van der Waals surface area (Å²) in [6.45, 7) is 6.54. The van der Waals surface area contributed by atoms with Crippen molar-refractivity contribution in [2.24, 2.45) is 0 Å². The van der Waals surface area contributed by atoms with Crippen molar-refractivity contribution in [2.45, 2.75) is 39.5 Å². The molecule has 1 aromatic heterocycles.